The summed E-state index contributed by atoms with van der Waals surface area (Å²) in [5.41, 5.74) is 2.44. The second-order valence-electron chi connectivity index (χ2n) is 2.97. The van der Waals surface area contributed by atoms with Crippen LogP contribution in [0, 0.1) is 0 Å². The predicted molar refractivity (Wildman–Crippen MR) is 63.2 cm³/mol. The van der Waals surface area contributed by atoms with Gasteiger partial charge in [-0.1, -0.05) is 29.5 Å². The first-order valence-electron chi connectivity index (χ1n) is 4.56. The minimum atomic E-state index is 0.923. The molecule has 0 unspecified atom stereocenters. The van der Waals surface area contributed by atoms with Crippen LogP contribution in [0.5, 0.6) is 0 Å². The summed E-state index contributed by atoms with van der Waals surface area (Å²) in [4.78, 5) is 0. The Morgan fingerprint density at radius 2 is 2.38 bits per heavy atom. The summed E-state index contributed by atoms with van der Waals surface area (Å²) in [5.74, 6) is 0. The Morgan fingerprint density at radius 1 is 1.62 bits per heavy atom. The second-order valence-corrected chi connectivity index (χ2v) is 4.05. The minimum absolute atomic E-state index is 0.923. The van der Waals surface area contributed by atoms with Gasteiger partial charge in [0, 0.05) is 24.6 Å². The van der Waals surface area contributed by atoms with Gasteiger partial charge in [0.2, 0.25) is 0 Å². The van der Waals surface area contributed by atoms with Gasteiger partial charge in [-0.3, -0.25) is 4.68 Å². The highest BCUT2D eigenvalue weighted by Gasteiger charge is 2.01. The lowest BCUT2D eigenvalue weighted by atomic mass is 10.3. The molecule has 0 amide bonds. The van der Waals surface area contributed by atoms with E-state index < -0.39 is 0 Å². The summed E-state index contributed by atoms with van der Waals surface area (Å²) in [5, 5.41) is 7.74. The Hall–Kier alpha value is -0.100. The molecule has 0 bridgehead atoms. The number of rotatable bonds is 5. The molecule has 4 heteroatoms. The van der Waals surface area contributed by atoms with Crippen LogP contribution in [0.1, 0.15) is 18.3 Å². The van der Waals surface area contributed by atoms with Crippen molar-refractivity contribution in [3.05, 3.63) is 17.5 Å². The zero-order valence-corrected chi connectivity index (χ0v) is 10.3. The van der Waals surface area contributed by atoms with Crippen LogP contribution in [0.25, 0.3) is 0 Å². The average Bonchev–Trinajstić information content (AvgIpc) is 2.48. The van der Waals surface area contributed by atoms with Crippen molar-refractivity contribution in [3.63, 3.8) is 0 Å². The molecule has 1 aromatic rings. The number of hydrogen-bond donors (Lipinski definition) is 1. The lowest BCUT2D eigenvalue weighted by Crippen LogP contribution is -2.17. The fourth-order valence-corrected chi connectivity index (χ4v) is 1.57. The van der Waals surface area contributed by atoms with Crippen LogP contribution in [0.4, 0.5) is 0 Å². The van der Waals surface area contributed by atoms with Crippen molar-refractivity contribution in [2.45, 2.75) is 19.9 Å². The van der Waals surface area contributed by atoms with Crippen molar-refractivity contribution in [3.8, 4) is 0 Å². The van der Waals surface area contributed by atoms with Crippen LogP contribution in [0.3, 0.4) is 0 Å². The maximum atomic E-state index is 4.38. The molecule has 13 heavy (non-hydrogen) atoms. The van der Waals surface area contributed by atoms with Crippen LogP contribution >= 0.6 is 22.6 Å². The maximum absolute atomic E-state index is 4.38. The molecule has 0 radical (unpaired) electrons. The molecule has 1 aromatic heterocycles. The van der Waals surface area contributed by atoms with E-state index in [9.17, 15) is 0 Å². The molecule has 0 spiro atoms. The number of nitrogens with one attached hydrogen (secondary N) is 1. The predicted octanol–water partition coefficient (Wildman–Crippen LogP) is 1.51. The monoisotopic (exact) mass is 293 g/mol. The number of hydrogen-bond acceptors (Lipinski definition) is 2. The summed E-state index contributed by atoms with van der Waals surface area (Å²) >= 11 is 2.37. The van der Waals surface area contributed by atoms with Gasteiger partial charge < -0.3 is 5.32 Å². The van der Waals surface area contributed by atoms with Gasteiger partial charge in [0.1, 0.15) is 0 Å². The number of aromatic nitrogens is 2. The van der Waals surface area contributed by atoms with Gasteiger partial charge in [-0.25, -0.2) is 0 Å². The van der Waals surface area contributed by atoms with Crippen molar-refractivity contribution in [1.82, 2.24) is 15.1 Å². The van der Waals surface area contributed by atoms with Crippen LogP contribution in [0.2, 0.25) is 0 Å². The molecule has 1 heterocycles. The van der Waals surface area contributed by atoms with Gasteiger partial charge >= 0.3 is 0 Å². The van der Waals surface area contributed by atoms with E-state index in [4.69, 9.17) is 0 Å². The number of alkyl halides is 1. The van der Waals surface area contributed by atoms with E-state index in [1.54, 1.807) is 0 Å². The van der Waals surface area contributed by atoms with Crippen molar-refractivity contribution in [2.75, 3.05) is 11.0 Å². The smallest absolute Gasteiger partial charge is 0.0625 e. The maximum Gasteiger partial charge on any atom is 0.0625 e. The molecule has 0 saturated carbocycles. The summed E-state index contributed by atoms with van der Waals surface area (Å²) < 4.78 is 3.11. The molecule has 0 fully saturated rings. The van der Waals surface area contributed by atoms with Gasteiger partial charge in [-0.05, 0) is 12.5 Å². The first kappa shape index (κ1) is 11.0. The highest BCUT2D eigenvalue weighted by molar-refractivity contribution is 14.1. The highest BCUT2D eigenvalue weighted by atomic mass is 127. The molecule has 0 saturated heterocycles. The van der Waals surface area contributed by atoms with E-state index in [1.807, 2.05) is 11.7 Å². The largest absolute Gasteiger partial charge is 0.310 e. The standard InChI is InChI=1S/C9H16IN3/c1-3-8-6-9(13(2)12-8)7-11-5-4-10/h6,11H,3-5,7H2,1-2H3. The van der Waals surface area contributed by atoms with E-state index in [2.05, 4.69) is 46.0 Å². The van der Waals surface area contributed by atoms with E-state index >= 15 is 0 Å². The van der Waals surface area contributed by atoms with E-state index in [0.717, 1.165) is 23.9 Å². The molecule has 0 aliphatic heterocycles. The quantitative estimate of drug-likeness (QED) is 0.506. The molecule has 0 atom stereocenters. The number of aryl methyl sites for hydroxylation is 2. The lowest BCUT2D eigenvalue weighted by molar-refractivity contribution is 0.642. The molecular formula is C9H16IN3. The SMILES string of the molecule is CCc1cc(CNCCI)n(C)n1. The molecule has 3 nitrogen and oxygen atoms in total. The fourth-order valence-electron chi connectivity index (χ4n) is 1.19. The van der Waals surface area contributed by atoms with Gasteiger partial charge in [0.25, 0.3) is 0 Å². The van der Waals surface area contributed by atoms with Crippen molar-refractivity contribution in [2.24, 2.45) is 7.05 Å². The first-order chi connectivity index (χ1) is 6.27. The molecular weight excluding hydrogens is 277 g/mol. The van der Waals surface area contributed by atoms with Crippen molar-refractivity contribution in [1.29, 1.82) is 0 Å². The topological polar surface area (TPSA) is 29.9 Å². The van der Waals surface area contributed by atoms with Gasteiger partial charge in [0.15, 0.2) is 0 Å². The molecule has 0 aliphatic carbocycles. The first-order valence-corrected chi connectivity index (χ1v) is 6.09. The zero-order valence-electron chi connectivity index (χ0n) is 8.18. The van der Waals surface area contributed by atoms with Crippen LogP contribution in [0.15, 0.2) is 6.07 Å². The van der Waals surface area contributed by atoms with Gasteiger partial charge in [0.05, 0.1) is 11.4 Å². The fraction of sp³-hybridized carbons (Fsp3) is 0.667. The van der Waals surface area contributed by atoms with Gasteiger partial charge in [-0.15, -0.1) is 0 Å². The van der Waals surface area contributed by atoms with E-state index in [-0.39, 0.29) is 0 Å². The van der Waals surface area contributed by atoms with E-state index in [1.165, 1.54) is 11.4 Å². The Morgan fingerprint density at radius 3 is 2.92 bits per heavy atom. The number of halogens is 1. The van der Waals surface area contributed by atoms with Crippen LogP contribution < -0.4 is 5.32 Å². The third-order valence-electron chi connectivity index (χ3n) is 1.97. The molecule has 1 rings (SSSR count). The second kappa shape index (κ2) is 5.59. The Labute approximate surface area is 93.0 Å². The summed E-state index contributed by atoms with van der Waals surface area (Å²) in [6.07, 6.45) is 1.01. The molecule has 0 aromatic carbocycles. The Kier molecular flexibility index (Phi) is 4.72. The summed E-state index contributed by atoms with van der Waals surface area (Å²) in [6, 6.07) is 2.17. The summed E-state index contributed by atoms with van der Waals surface area (Å²) in [6.45, 7) is 4.12. The Bertz CT molecular complexity index is 257. The molecule has 1 N–H and O–H groups in total. The number of nitrogens with zero attached hydrogens (tertiary/aromatic N) is 2. The lowest BCUT2D eigenvalue weighted by Gasteiger charge is -2.01. The van der Waals surface area contributed by atoms with Gasteiger partial charge in [-0.2, -0.15) is 5.10 Å². The van der Waals surface area contributed by atoms with Crippen molar-refractivity contribution < 1.29 is 0 Å². The summed E-state index contributed by atoms with van der Waals surface area (Å²) in [7, 11) is 2.00. The third-order valence-corrected chi connectivity index (χ3v) is 2.51. The van der Waals surface area contributed by atoms with E-state index in [0.29, 0.717) is 0 Å². The Balaban J connectivity index is 2.50. The average molecular weight is 293 g/mol. The highest BCUT2D eigenvalue weighted by Crippen LogP contribution is 2.02. The normalized spacial score (nSPS) is 10.7. The van der Waals surface area contributed by atoms with Crippen LogP contribution in [-0.4, -0.2) is 20.8 Å². The molecule has 74 valence electrons. The minimum Gasteiger partial charge on any atom is -0.310 e. The van der Waals surface area contributed by atoms with Crippen molar-refractivity contribution >= 4 is 22.6 Å². The molecule has 0 aliphatic rings. The van der Waals surface area contributed by atoms with Crippen LogP contribution in [-0.2, 0) is 20.0 Å². The zero-order chi connectivity index (χ0) is 9.68. The third kappa shape index (κ3) is 3.27.